The van der Waals surface area contributed by atoms with Gasteiger partial charge in [-0.1, -0.05) is 38.2 Å². The Labute approximate surface area is 253 Å². The quantitative estimate of drug-likeness (QED) is 0.246. The van der Waals surface area contributed by atoms with Crippen LogP contribution in [0.2, 0.25) is 0 Å². The van der Waals surface area contributed by atoms with E-state index >= 15 is 0 Å². The van der Waals surface area contributed by atoms with E-state index in [0.717, 1.165) is 10.1 Å². The first-order valence-corrected chi connectivity index (χ1v) is 15.2. The third kappa shape index (κ3) is 6.56. The lowest BCUT2D eigenvalue weighted by atomic mass is 9.91. The van der Waals surface area contributed by atoms with Crippen LogP contribution in [0.25, 0.3) is 15.2 Å². The monoisotopic (exact) mass is 613 g/mol. The first kappa shape index (κ1) is 32.4. The Morgan fingerprint density at radius 1 is 1.14 bits per heavy atom. The Morgan fingerprint density at radius 2 is 1.79 bits per heavy atom. The molecule has 4 rings (SSSR count). The molecule has 1 unspecified atom stereocenters. The summed E-state index contributed by atoms with van der Waals surface area (Å²) in [4.78, 5) is 43.7. The molecule has 0 aliphatic carbocycles. The molecular formula is C31H40FN5O5S. The lowest BCUT2D eigenvalue weighted by Gasteiger charge is -2.29. The lowest BCUT2D eigenvalue weighted by Crippen LogP contribution is -2.53. The van der Waals surface area contributed by atoms with Crippen molar-refractivity contribution in [1.82, 2.24) is 24.1 Å². The molecule has 0 radical (unpaired) electrons. The highest BCUT2D eigenvalue weighted by Gasteiger charge is 2.36. The third-order valence-electron chi connectivity index (χ3n) is 7.44. The van der Waals surface area contributed by atoms with Crippen molar-refractivity contribution in [3.05, 3.63) is 73.9 Å². The van der Waals surface area contributed by atoms with Crippen LogP contribution in [0.4, 0.5) is 4.39 Å². The van der Waals surface area contributed by atoms with E-state index < -0.39 is 34.3 Å². The van der Waals surface area contributed by atoms with Gasteiger partial charge in [0.25, 0.3) is 5.56 Å². The molecule has 0 spiro atoms. The fraction of sp³-hybridized carbons (Fsp3) is 0.516. The molecule has 0 fully saturated rings. The molecule has 4 aromatic rings. The fourth-order valence-electron chi connectivity index (χ4n) is 5.14. The number of aromatic nitrogens is 5. The minimum absolute atomic E-state index is 0.0221. The molecule has 232 valence electrons. The van der Waals surface area contributed by atoms with E-state index in [4.69, 9.17) is 4.74 Å². The number of ether oxygens (including phenoxy) is 1. The number of nitrogens with zero attached hydrogens (tertiary/aromatic N) is 5. The maximum atomic E-state index is 14.6. The number of Topliss-reactive ketones (excluding diaryl/α,β-unsaturated/α-hetero) is 1. The Balaban J connectivity index is 2.04. The number of carbonyl (C=O) groups excluding carboxylic acids is 1. The van der Waals surface area contributed by atoms with Gasteiger partial charge in [0, 0.05) is 12.0 Å². The van der Waals surface area contributed by atoms with Crippen molar-refractivity contribution in [3.8, 4) is 5.00 Å². The van der Waals surface area contributed by atoms with Gasteiger partial charge in [-0.25, -0.2) is 13.8 Å². The van der Waals surface area contributed by atoms with Crippen LogP contribution in [0, 0.1) is 18.7 Å². The average molecular weight is 614 g/mol. The minimum atomic E-state index is -1.45. The summed E-state index contributed by atoms with van der Waals surface area (Å²) < 4.78 is 23.3. The number of hydrogen-bond acceptors (Lipinski definition) is 8. The first-order valence-electron chi connectivity index (χ1n) is 14.4. The van der Waals surface area contributed by atoms with Crippen molar-refractivity contribution >= 4 is 27.3 Å². The number of aryl methyl sites for hydroxylation is 2. The number of fused-ring (bicyclic) bond motifs is 1. The van der Waals surface area contributed by atoms with Crippen LogP contribution in [0.1, 0.15) is 77.7 Å². The van der Waals surface area contributed by atoms with Gasteiger partial charge >= 0.3 is 5.69 Å². The van der Waals surface area contributed by atoms with Gasteiger partial charge in [0.2, 0.25) is 0 Å². The van der Waals surface area contributed by atoms with Crippen molar-refractivity contribution in [2.45, 2.75) is 92.0 Å². The summed E-state index contributed by atoms with van der Waals surface area (Å²) in [5, 5.41) is 19.7. The summed E-state index contributed by atoms with van der Waals surface area (Å²) in [5.41, 5.74) is -2.03. The Hall–Kier alpha value is -3.48. The van der Waals surface area contributed by atoms with Crippen LogP contribution in [0.15, 0.2) is 40.2 Å². The number of carbonyl (C=O) groups is 1. The van der Waals surface area contributed by atoms with Crippen molar-refractivity contribution in [3.63, 3.8) is 0 Å². The topological polar surface area (TPSA) is 121 Å². The second-order valence-corrected chi connectivity index (χ2v) is 13.4. The second-order valence-electron chi connectivity index (χ2n) is 12.5. The zero-order chi connectivity index (χ0) is 31.9. The normalized spacial score (nSPS) is 13.3. The highest BCUT2D eigenvalue weighted by molar-refractivity contribution is 7.21. The molecule has 10 nitrogen and oxygen atoms in total. The van der Waals surface area contributed by atoms with Crippen LogP contribution < -0.4 is 11.2 Å². The molecule has 1 N–H and O–H groups in total. The summed E-state index contributed by atoms with van der Waals surface area (Å²) in [6.07, 6.45) is 2.92. The van der Waals surface area contributed by atoms with E-state index in [2.05, 4.69) is 10.2 Å². The van der Waals surface area contributed by atoms with E-state index in [1.165, 1.54) is 45.2 Å². The number of thiophene rings is 1. The standard InChI is InChI=1S/C31H40FN5O5S/c1-9-20-10-11-21(32)15-22(20)23(42-17-30(5,6)41)16-35-28-25(19(4)27(43-28)37-33-12-13-34-37)26(39)36(29(35)40)31(7,8)24(38)14-18(2)3/h10-13,15,18,23,41H,9,14,16-17H2,1-8H3. The Morgan fingerprint density at radius 3 is 2.37 bits per heavy atom. The maximum Gasteiger partial charge on any atom is 0.333 e. The zero-order valence-corrected chi connectivity index (χ0v) is 26.8. The Kier molecular flexibility index (Phi) is 9.24. The molecule has 12 heteroatoms. The maximum absolute atomic E-state index is 14.6. The highest BCUT2D eigenvalue weighted by atomic mass is 32.1. The molecule has 0 saturated heterocycles. The fourth-order valence-corrected chi connectivity index (χ4v) is 6.36. The Bertz CT molecular complexity index is 1750. The molecule has 0 saturated carbocycles. The SMILES string of the molecule is CCc1ccc(F)cc1C(Cn1c(=O)n(C(C)(C)C(=O)CC(C)C)c(=O)c2c(C)c(-n3nccn3)sc21)OCC(C)(C)O. The van der Waals surface area contributed by atoms with Crippen molar-refractivity contribution in [1.29, 1.82) is 0 Å². The van der Waals surface area contributed by atoms with Gasteiger partial charge in [-0.05, 0) is 70.2 Å². The smallest absolute Gasteiger partial charge is 0.333 e. The number of ketones is 1. The van der Waals surface area contributed by atoms with E-state index in [0.29, 0.717) is 27.4 Å². The van der Waals surface area contributed by atoms with Gasteiger partial charge in [-0.2, -0.15) is 10.2 Å². The molecule has 0 amide bonds. The molecule has 0 aliphatic heterocycles. The molecule has 43 heavy (non-hydrogen) atoms. The van der Waals surface area contributed by atoms with Crippen LogP contribution in [0.5, 0.6) is 0 Å². The summed E-state index contributed by atoms with van der Waals surface area (Å²) in [6.45, 7) is 13.6. The van der Waals surface area contributed by atoms with Gasteiger partial charge in [0.15, 0.2) is 5.78 Å². The van der Waals surface area contributed by atoms with E-state index in [-0.39, 0.29) is 36.7 Å². The van der Waals surface area contributed by atoms with Gasteiger partial charge in [-0.15, -0.1) is 4.80 Å². The number of hydrogen-bond donors (Lipinski definition) is 1. The van der Waals surface area contributed by atoms with Crippen LogP contribution in [-0.2, 0) is 28.0 Å². The van der Waals surface area contributed by atoms with Gasteiger partial charge in [-0.3, -0.25) is 14.2 Å². The first-order chi connectivity index (χ1) is 20.1. The number of aliphatic hydroxyl groups is 1. The van der Waals surface area contributed by atoms with Crippen molar-refractivity contribution in [2.75, 3.05) is 6.61 Å². The van der Waals surface area contributed by atoms with E-state index in [1.54, 1.807) is 40.7 Å². The van der Waals surface area contributed by atoms with Crippen molar-refractivity contribution < 1.29 is 19.0 Å². The summed E-state index contributed by atoms with van der Waals surface area (Å²) in [5.74, 6) is -0.692. The van der Waals surface area contributed by atoms with E-state index in [9.17, 15) is 23.9 Å². The van der Waals surface area contributed by atoms with Crippen LogP contribution >= 0.6 is 11.3 Å². The largest absolute Gasteiger partial charge is 0.388 e. The minimum Gasteiger partial charge on any atom is -0.388 e. The second kappa shape index (κ2) is 12.3. The van der Waals surface area contributed by atoms with Crippen LogP contribution in [-0.4, -0.2) is 47.2 Å². The molecule has 3 aromatic heterocycles. The molecule has 1 atom stereocenters. The third-order valence-corrected chi connectivity index (χ3v) is 8.73. The summed E-state index contributed by atoms with van der Waals surface area (Å²) in [6, 6.07) is 4.42. The van der Waals surface area contributed by atoms with Gasteiger partial charge in [0.1, 0.15) is 27.3 Å². The summed E-state index contributed by atoms with van der Waals surface area (Å²) >= 11 is 1.17. The van der Waals surface area contributed by atoms with Gasteiger partial charge in [0.05, 0.1) is 36.5 Å². The van der Waals surface area contributed by atoms with Gasteiger partial charge < -0.3 is 9.84 Å². The number of benzene rings is 1. The predicted octanol–water partition coefficient (Wildman–Crippen LogP) is 4.69. The molecule has 0 bridgehead atoms. The van der Waals surface area contributed by atoms with Crippen molar-refractivity contribution in [2.24, 2.45) is 5.92 Å². The molecule has 0 aliphatic rings. The number of rotatable bonds is 12. The zero-order valence-electron chi connectivity index (χ0n) is 26.0. The van der Waals surface area contributed by atoms with E-state index in [1.807, 2.05) is 20.8 Å². The number of halogens is 1. The predicted molar refractivity (Wildman–Crippen MR) is 165 cm³/mol. The van der Waals surface area contributed by atoms with Crippen LogP contribution in [0.3, 0.4) is 0 Å². The molecule has 1 aromatic carbocycles. The lowest BCUT2D eigenvalue weighted by molar-refractivity contribution is -0.127. The molecule has 3 heterocycles. The summed E-state index contributed by atoms with van der Waals surface area (Å²) in [7, 11) is 0. The molecular weight excluding hydrogens is 573 g/mol. The average Bonchev–Trinajstić information content (AvgIpc) is 3.55. The highest BCUT2D eigenvalue weighted by Crippen LogP contribution is 2.33.